The van der Waals surface area contributed by atoms with Crippen LogP contribution in [0.15, 0.2) is 90.5 Å². The summed E-state index contributed by atoms with van der Waals surface area (Å²) in [5.74, 6) is 0.819. The quantitative estimate of drug-likeness (QED) is 0.138. The van der Waals surface area contributed by atoms with Gasteiger partial charge < -0.3 is 25.3 Å². The van der Waals surface area contributed by atoms with Gasteiger partial charge in [-0.05, 0) is 36.6 Å². The number of benzene rings is 2. The molecule has 4 aromatic rings. The standard InChI is InChI=1S/C17H18N4O.C16H16N4O2/c1-2-6-15(13-7-4-3-5-8-13)21-17(22)14(12-18)11-16-19-9-10-20-16;1-11(12-4-3-5-14(8-12)22-2)20-16(21)13(10-17)9-15-18-6-7-19-15/h3-5,7-11,15H,2,6H2,1H3,(H,19,20)(H,21,22);3-9,11H,1-2H3,(H,18,19)(H,20,21)/b14-11+;13-9+. The first kappa shape index (κ1) is 32.6. The minimum absolute atomic E-state index is 0.00954. The summed E-state index contributed by atoms with van der Waals surface area (Å²) < 4.78 is 5.16. The Balaban J connectivity index is 0.000000240. The molecule has 0 spiro atoms. The fourth-order valence-corrected chi connectivity index (χ4v) is 4.08. The first-order valence-electron chi connectivity index (χ1n) is 13.9. The lowest BCUT2D eigenvalue weighted by atomic mass is 10.0. The van der Waals surface area contributed by atoms with Crippen LogP contribution in [0.5, 0.6) is 5.75 Å². The molecule has 0 saturated carbocycles. The highest BCUT2D eigenvalue weighted by Crippen LogP contribution is 2.20. The van der Waals surface area contributed by atoms with Gasteiger partial charge in [-0.25, -0.2) is 9.97 Å². The summed E-state index contributed by atoms with van der Waals surface area (Å²) >= 11 is 0. The monoisotopic (exact) mass is 590 g/mol. The van der Waals surface area contributed by atoms with Gasteiger partial charge in [0.1, 0.15) is 40.7 Å². The van der Waals surface area contributed by atoms with Crippen molar-refractivity contribution in [3.63, 3.8) is 0 Å². The van der Waals surface area contributed by atoms with Gasteiger partial charge >= 0.3 is 0 Å². The molecule has 0 aliphatic rings. The molecule has 4 N–H and O–H groups in total. The molecule has 0 aliphatic carbocycles. The van der Waals surface area contributed by atoms with E-state index in [1.54, 1.807) is 31.9 Å². The van der Waals surface area contributed by atoms with Crippen LogP contribution in [0.4, 0.5) is 0 Å². The van der Waals surface area contributed by atoms with Gasteiger partial charge in [0.05, 0.1) is 19.2 Å². The van der Waals surface area contributed by atoms with Crippen LogP contribution in [0.3, 0.4) is 0 Å². The lowest BCUT2D eigenvalue weighted by molar-refractivity contribution is -0.118. The molecule has 11 heteroatoms. The first-order chi connectivity index (χ1) is 21.4. The summed E-state index contributed by atoms with van der Waals surface area (Å²) in [7, 11) is 1.59. The molecule has 11 nitrogen and oxygen atoms in total. The van der Waals surface area contributed by atoms with Crippen LogP contribution in [0.2, 0.25) is 0 Å². The number of rotatable bonds is 11. The number of carbonyl (C=O) groups excluding carboxylic acids is 2. The highest BCUT2D eigenvalue weighted by molar-refractivity contribution is 6.02. The van der Waals surface area contributed by atoms with Crippen molar-refractivity contribution in [1.82, 2.24) is 30.6 Å². The minimum atomic E-state index is -0.450. The Kier molecular flexibility index (Phi) is 12.7. The van der Waals surface area contributed by atoms with Crippen molar-refractivity contribution in [2.45, 2.75) is 38.8 Å². The second kappa shape index (κ2) is 17.1. The number of nitrogens with zero attached hydrogens (tertiary/aromatic N) is 4. The van der Waals surface area contributed by atoms with E-state index in [4.69, 9.17) is 10.00 Å². The van der Waals surface area contributed by atoms with Crippen molar-refractivity contribution in [2.24, 2.45) is 0 Å². The molecule has 0 saturated heterocycles. The molecule has 0 fully saturated rings. The number of aromatic nitrogens is 4. The van der Waals surface area contributed by atoms with Gasteiger partial charge in [0.2, 0.25) is 0 Å². The minimum Gasteiger partial charge on any atom is -0.497 e. The van der Waals surface area contributed by atoms with E-state index >= 15 is 0 Å². The van der Waals surface area contributed by atoms with Gasteiger partial charge in [-0.2, -0.15) is 10.5 Å². The summed E-state index contributed by atoms with van der Waals surface area (Å²) in [6.45, 7) is 3.90. The van der Waals surface area contributed by atoms with Crippen molar-refractivity contribution >= 4 is 24.0 Å². The molecule has 224 valence electrons. The maximum absolute atomic E-state index is 12.3. The van der Waals surface area contributed by atoms with Crippen molar-refractivity contribution in [3.8, 4) is 17.9 Å². The van der Waals surface area contributed by atoms with Gasteiger partial charge in [-0.1, -0.05) is 55.8 Å². The predicted octanol–water partition coefficient (Wildman–Crippen LogP) is 5.18. The number of ether oxygens (including phenoxy) is 1. The zero-order valence-electron chi connectivity index (χ0n) is 24.7. The fraction of sp³-hybridized carbons (Fsp3) is 0.212. The average Bonchev–Trinajstić information content (AvgIpc) is 3.77. The van der Waals surface area contributed by atoms with E-state index in [1.165, 1.54) is 12.2 Å². The molecule has 2 unspecified atom stereocenters. The topological polar surface area (TPSA) is 172 Å². The van der Waals surface area contributed by atoms with E-state index in [0.29, 0.717) is 17.4 Å². The number of nitrogens with one attached hydrogen (secondary N) is 4. The Hall–Kier alpha value is -5.94. The number of hydrogen-bond acceptors (Lipinski definition) is 7. The average molecular weight is 591 g/mol. The van der Waals surface area contributed by atoms with Gasteiger partial charge in [-0.3, -0.25) is 9.59 Å². The number of nitriles is 2. The third-order valence-electron chi connectivity index (χ3n) is 6.36. The summed E-state index contributed by atoms with van der Waals surface area (Å²) in [6.07, 6.45) is 11.0. The maximum Gasteiger partial charge on any atom is 0.262 e. The van der Waals surface area contributed by atoms with E-state index in [2.05, 4.69) is 37.5 Å². The molecule has 44 heavy (non-hydrogen) atoms. The van der Waals surface area contributed by atoms with Crippen molar-refractivity contribution in [1.29, 1.82) is 10.5 Å². The van der Waals surface area contributed by atoms with E-state index in [1.807, 2.05) is 73.7 Å². The Morgan fingerprint density at radius 1 is 0.886 bits per heavy atom. The summed E-state index contributed by atoms with van der Waals surface area (Å²) in [5.41, 5.74) is 1.95. The summed E-state index contributed by atoms with van der Waals surface area (Å²) in [4.78, 5) is 38.1. The molecule has 2 amide bonds. The molecule has 2 aromatic carbocycles. The Labute approximate surface area is 256 Å². The van der Waals surface area contributed by atoms with Crippen LogP contribution in [0.25, 0.3) is 12.2 Å². The number of hydrogen-bond donors (Lipinski definition) is 4. The third-order valence-corrected chi connectivity index (χ3v) is 6.36. The molecule has 0 aliphatic heterocycles. The van der Waals surface area contributed by atoms with Crippen LogP contribution >= 0.6 is 0 Å². The number of carbonyl (C=O) groups is 2. The van der Waals surface area contributed by atoms with Crippen LogP contribution < -0.4 is 15.4 Å². The van der Waals surface area contributed by atoms with Crippen molar-refractivity contribution < 1.29 is 14.3 Å². The largest absolute Gasteiger partial charge is 0.497 e. The highest BCUT2D eigenvalue weighted by Gasteiger charge is 2.17. The van der Waals surface area contributed by atoms with E-state index in [9.17, 15) is 14.9 Å². The smallest absolute Gasteiger partial charge is 0.262 e. The maximum atomic E-state index is 12.3. The van der Waals surface area contributed by atoms with E-state index in [0.717, 1.165) is 24.0 Å². The molecular formula is C33H34N8O3. The van der Waals surface area contributed by atoms with E-state index in [-0.39, 0.29) is 29.1 Å². The number of methoxy groups -OCH3 is 1. The van der Waals surface area contributed by atoms with Gasteiger partial charge in [0, 0.05) is 36.9 Å². The molecule has 2 heterocycles. The van der Waals surface area contributed by atoms with Gasteiger partial charge in [-0.15, -0.1) is 0 Å². The van der Waals surface area contributed by atoms with Crippen LogP contribution in [-0.4, -0.2) is 38.9 Å². The lowest BCUT2D eigenvalue weighted by Crippen LogP contribution is -2.29. The number of amides is 2. The van der Waals surface area contributed by atoms with Crippen LogP contribution in [0, 0.1) is 22.7 Å². The van der Waals surface area contributed by atoms with Crippen molar-refractivity contribution in [3.05, 3.63) is 113 Å². The fourth-order valence-electron chi connectivity index (χ4n) is 4.08. The number of H-pyrrole nitrogens is 2. The van der Waals surface area contributed by atoms with Gasteiger partial charge in [0.25, 0.3) is 11.8 Å². The normalized spacial score (nSPS) is 12.4. The predicted molar refractivity (Wildman–Crippen MR) is 166 cm³/mol. The lowest BCUT2D eigenvalue weighted by Gasteiger charge is -2.18. The van der Waals surface area contributed by atoms with Crippen LogP contribution in [0.1, 0.15) is 61.5 Å². The summed E-state index contributed by atoms with van der Waals surface area (Å²) in [5, 5.41) is 24.0. The molecule has 0 radical (unpaired) electrons. The molecule has 2 aromatic heterocycles. The first-order valence-corrected chi connectivity index (χ1v) is 13.9. The van der Waals surface area contributed by atoms with Crippen molar-refractivity contribution in [2.75, 3.05) is 7.11 Å². The molecular weight excluding hydrogens is 556 g/mol. The summed E-state index contributed by atoms with van der Waals surface area (Å²) in [6, 6.07) is 20.6. The number of aromatic amines is 2. The second-order valence-corrected chi connectivity index (χ2v) is 9.49. The second-order valence-electron chi connectivity index (χ2n) is 9.49. The molecule has 0 bridgehead atoms. The third kappa shape index (κ3) is 9.86. The molecule has 4 rings (SSSR count). The molecule has 2 atom stereocenters. The number of imidazole rings is 2. The zero-order chi connectivity index (χ0) is 31.7. The van der Waals surface area contributed by atoms with Gasteiger partial charge in [0.15, 0.2) is 0 Å². The van der Waals surface area contributed by atoms with E-state index < -0.39 is 5.91 Å². The Morgan fingerprint density at radius 3 is 1.95 bits per heavy atom. The highest BCUT2D eigenvalue weighted by atomic mass is 16.5. The Bertz CT molecular complexity index is 1630. The SMILES string of the molecule is CCCC(NC(=O)/C(C#N)=C/c1ncc[nH]1)c1ccccc1.COc1cccc(C(C)NC(=O)/C(C#N)=C/c2ncc[nH]2)c1. The van der Waals surface area contributed by atoms with Crippen LogP contribution in [-0.2, 0) is 9.59 Å². The zero-order valence-corrected chi connectivity index (χ0v) is 24.7. The Morgan fingerprint density at radius 2 is 1.45 bits per heavy atom.